The smallest absolute Gasteiger partial charge is 0.159 e. The van der Waals surface area contributed by atoms with Gasteiger partial charge in [0.2, 0.25) is 0 Å². The van der Waals surface area contributed by atoms with E-state index in [4.69, 9.17) is 19.4 Å². The highest BCUT2D eigenvalue weighted by Crippen LogP contribution is 2.39. The zero-order chi connectivity index (χ0) is 37.7. The molecule has 0 aliphatic rings. The van der Waals surface area contributed by atoms with Gasteiger partial charge in [0.15, 0.2) is 5.82 Å². The quantitative estimate of drug-likeness (QED) is 0.153. The molecular formula is C47H30N8O2. The minimum Gasteiger partial charge on any atom is -0.457 e. The second kappa shape index (κ2) is 13.3. The van der Waals surface area contributed by atoms with Crippen molar-refractivity contribution in [2.75, 3.05) is 0 Å². The highest BCUT2D eigenvalue weighted by atomic mass is 16.5. The molecule has 0 aliphatic carbocycles. The lowest BCUT2D eigenvalue weighted by atomic mass is 10.1. The summed E-state index contributed by atoms with van der Waals surface area (Å²) >= 11 is 0. The number of nitrogens with zero attached hydrogens (tertiary/aromatic N) is 8. The van der Waals surface area contributed by atoms with Crippen molar-refractivity contribution in [1.82, 2.24) is 38.6 Å². The van der Waals surface area contributed by atoms with Gasteiger partial charge in [-0.25, -0.2) is 24.9 Å². The van der Waals surface area contributed by atoms with Crippen molar-refractivity contribution in [1.29, 1.82) is 0 Å². The van der Waals surface area contributed by atoms with Crippen molar-refractivity contribution < 1.29 is 9.47 Å². The van der Waals surface area contributed by atoms with Crippen LogP contribution in [0.1, 0.15) is 0 Å². The molecule has 0 fully saturated rings. The molecule has 0 atom stereocenters. The van der Waals surface area contributed by atoms with Crippen molar-refractivity contribution in [2.45, 2.75) is 0 Å². The molecule has 57 heavy (non-hydrogen) atoms. The van der Waals surface area contributed by atoms with Gasteiger partial charge in [0.05, 0.1) is 46.5 Å². The number of ether oxygens (including phenoxy) is 2. The van der Waals surface area contributed by atoms with Crippen LogP contribution in [-0.4, -0.2) is 38.6 Å². The number of aromatic nitrogens is 8. The zero-order valence-corrected chi connectivity index (χ0v) is 30.2. The largest absolute Gasteiger partial charge is 0.457 e. The van der Waals surface area contributed by atoms with Crippen LogP contribution in [0.25, 0.3) is 72.3 Å². The van der Waals surface area contributed by atoms with Gasteiger partial charge in [-0.2, -0.15) is 0 Å². The molecule has 0 radical (unpaired) electrons. The van der Waals surface area contributed by atoms with Gasteiger partial charge in [0, 0.05) is 70.1 Å². The molecule has 10 heteroatoms. The van der Waals surface area contributed by atoms with Gasteiger partial charge in [-0.1, -0.05) is 48.5 Å². The van der Waals surface area contributed by atoms with Crippen molar-refractivity contribution in [3.63, 3.8) is 0 Å². The standard InChI is InChI=1S/C47H30N8O2/c1-3-11-41-37(9-1)39-17-15-33(26-43(39)54(41)45-13-5-7-19-49-45)56-35-23-31(47-51-28-32(29-52-47)53-22-21-48-30-53)24-36(25-35)57-34-16-18-40-38-10-2-4-12-42(38)55(44(40)27-34)46-14-6-8-20-50-46/h1-30H. The summed E-state index contributed by atoms with van der Waals surface area (Å²) in [4.78, 5) is 23.0. The molecule has 0 bridgehead atoms. The summed E-state index contributed by atoms with van der Waals surface area (Å²) in [5, 5.41) is 4.48. The Morgan fingerprint density at radius 3 is 1.46 bits per heavy atom. The second-order valence-electron chi connectivity index (χ2n) is 13.6. The summed E-state index contributed by atoms with van der Waals surface area (Å²) in [6, 6.07) is 46.6. The van der Waals surface area contributed by atoms with Crippen LogP contribution in [0.2, 0.25) is 0 Å². The van der Waals surface area contributed by atoms with E-state index in [0.717, 1.165) is 66.5 Å². The highest BCUT2D eigenvalue weighted by Gasteiger charge is 2.17. The molecule has 270 valence electrons. The van der Waals surface area contributed by atoms with E-state index in [9.17, 15) is 0 Å². The fraction of sp³-hybridized carbons (Fsp3) is 0. The highest BCUT2D eigenvalue weighted by molar-refractivity contribution is 6.10. The number of imidazole rings is 1. The molecule has 0 aliphatic heterocycles. The first-order chi connectivity index (χ1) is 28.2. The predicted molar refractivity (Wildman–Crippen MR) is 222 cm³/mol. The molecule has 0 unspecified atom stereocenters. The Hall–Kier alpha value is -8.11. The van der Waals surface area contributed by atoms with Gasteiger partial charge < -0.3 is 14.0 Å². The summed E-state index contributed by atoms with van der Waals surface area (Å²) in [6.45, 7) is 0. The Balaban J connectivity index is 1.02. The van der Waals surface area contributed by atoms with Crippen molar-refractivity contribution in [3.05, 3.63) is 183 Å². The Kier molecular flexibility index (Phi) is 7.56. The number of pyridine rings is 2. The summed E-state index contributed by atoms with van der Waals surface area (Å²) in [6.07, 6.45) is 12.4. The predicted octanol–water partition coefficient (Wildman–Crippen LogP) is 10.9. The van der Waals surface area contributed by atoms with Crippen LogP contribution < -0.4 is 9.47 Å². The first-order valence-electron chi connectivity index (χ1n) is 18.4. The summed E-state index contributed by atoms with van der Waals surface area (Å²) < 4.78 is 19.6. The molecule has 10 nitrogen and oxygen atoms in total. The third-order valence-corrected chi connectivity index (χ3v) is 10.1. The minimum absolute atomic E-state index is 0.519. The molecule has 0 spiro atoms. The number of benzene rings is 5. The van der Waals surface area contributed by atoms with Gasteiger partial charge in [0.25, 0.3) is 0 Å². The molecule has 0 amide bonds. The van der Waals surface area contributed by atoms with Crippen LogP contribution in [0.3, 0.4) is 0 Å². The summed E-state index contributed by atoms with van der Waals surface area (Å²) in [5.41, 5.74) is 5.62. The van der Waals surface area contributed by atoms with Crippen molar-refractivity contribution >= 4 is 43.6 Å². The van der Waals surface area contributed by atoms with E-state index in [1.54, 1.807) is 24.9 Å². The van der Waals surface area contributed by atoms with E-state index in [0.29, 0.717) is 28.8 Å². The molecule has 5 aromatic carbocycles. The van der Waals surface area contributed by atoms with Gasteiger partial charge in [0.1, 0.15) is 34.6 Å². The molecule has 0 N–H and O–H groups in total. The van der Waals surface area contributed by atoms with Crippen molar-refractivity contribution in [3.8, 4) is 51.7 Å². The van der Waals surface area contributed by atoms with E-state index in [-0.39, 0.29) is 0 Å². The number of fused-ring (bicyclic) bond motifs is 6. The van der Waals surface area contributed by atoms with Crippen molar-refractivity contribution in [2.24, 2.45) is 0 Å². The molecule has 11 aromatic rings. The van der Waals surface area contributed by atoms with E-state index < -0.39 is 0 Å². The Bertz CT molecular complexity index is 3050. The minimum atomic E-state index is 0.519. The SMILES string of the molecule is c1ccc(-n2c3ccccc3c3ccc(Oc4cc(Oc5ccc6c7ccccc7n(-c7ccccn7)c6c5)cc(-c5ncc(-n6ccnc6)cn5)c4)cc32)nc1. The molecular weight excluding hydrogens is 709 g/mol. The van der Waals surface area contributed by atoms with Crippen LogP contribution in [0.4, 0.5) is 0 Å². The van der Waals surface area contributed by atoms with Crippen LogP contribution in [-0.2, 0) is 0 Å². The first-order valence-corrected chi connectivity index (χ1v) is 18.4. The molecule has 11 rings (SSSR count). The lowest BCUT2D eigenvalue weighted by Crippen LogP contribution is -1.97. The fourth-order valence-corrected chi connectivity index (χ4v) is 7.60. The normalized spacial score (nSPS) is 11.5. The third kappa shape index (κ3) is 5.71. The van der Waals surface area contributed by atoms with E-state index in [2.05, 4.69) is 84.7 Å². The first kappa shape index (κ1) is 32.3. The molecule has 0 saturated heterocycles. The van der Waals surface area contributed by atoms with Gasteiger partial charge in [-0.05, 0) is 72.8 Å². The number of para-hydroxylation sites is 2. The fourth-order valence-electron chi connectivity index (χ4n) is 7.60. The van der Waals surface area contributed by atoms with Crippen LogP contribution >= 0.6 is 0 Å². The summed E-state index contributed by atoms with van der Waals surface area (Å²) in [5.74, 6) is 4.61. The second-order valence-corrected chi connectivity index (χ2v) is 13.6. The maximum atomic E-state index is 6.69. The third-order valence-electron chi connectivity index (χ3n) is 10.1. The number of hydrogen-bond donors (Lipinski definition) is 0. The van der Waals surface area contributed by atoms with Crippen LogP contribution in [0.5, 0.6) is 23.0 Å². The monoisotopic (exact) mass is 738 g/mol. The average Bonchev–Trinajstić information content (AvgIpc) is 4.00. The van der Waals surface area contributed by atoms with Gasteiger partial charge in [-0.15, -0.1) is 0 Å². The lowest BCUT2D eigenvalue weighted by molar-refractivity contribution is 0.461. The van der Waals surface area contributed by atoms with E-state index >= 15 is 0 Å². The molecule has 6 aromatic heterocycles. The maximum Gasteiger partial charge on any atom is 0.159 e. The Morgan fingerprint density at radius 2 is 0.947 bits per heavy atom. The summed E-state index contributed by atoms with van der Waals surface area (Å²) in [7, 11) is 0. The number of rotatable bonds is 8. The topological polar surface area (TPSA) is 97.7 Å². The Labute approximate surface area is 325 Å². The van der Waals surface area contributed by atoms with E-state index in [1.807, 2.05) is 102 Å². The number of hydrogen-bond acceptors (Lipinski definition) is 7. The van der Waals surface area contributed by atoms with Crippen LogP contribution in [0.15, 0.2) is 183 Å². The maximum absolute atomic E-state index is 6.69. The molecule has 6 heterocycles. The molecule has 0 saturated carbocycles. The lowest BCUT2D eigenvalue weighted by Gasteiger charge is -2.13. The zero-order valence-electron chi connectivity index (χ0n) is 30.2. The van der Waals surface area contributed by atoms with Gasteiger partial charge >= 0.3 is 0 Å². The van der Waals surface area contributed by atoms with E-state index in [1.165, 1.54) is 0 Å². The Morgan fingerprint density at radius 1 is 0.421 bits per heavy atom. The van der Waals surface area contributed by atoms with Gasteiger partial charge in [-0.3, -0.25) is 9.13 Å². The average molecular weight is 739 g/mol. The van der Waals surface area contributed by atoms with Crippen LogP contribution in [0, 0.1) is 0 Å².